The van der Waals surface area contributed by atoms with Crippen LogP contribution in [-0.4, -0.2) is 44.2 Å². The maximum Gasteiger partial charge on any atom is 0.332 e. The first kappa shape index (κ1) is 17.2. The fraction of sp³-hybridized carbons (Fsp3) is 0.500. The van der Waals surface area contributed by atoms with Crippen LogP contribution in [0.2, 0.25) is 0 Å². The number of fused-ring (bicyclic) bond motifs is 3. The summed E-state index contributed by atoms with van der Waals surface area (Å²) >= 11 is 0. The van der Waals surface area contributed by atoms with E-state index in [1.807, 2.05) is 18.4 Å². The lowest BCUT2D eigenvalue weighted by Crippen LogP contribution is -2.39. The van der Waals surface area contributed by atoms with E-state index in [0.717, 1.165) is 10.3 Å². The quantitative estimate of drug-likeness (QED) is 0.555. The summed E-state index contributed by atoms with van der Waals surface area (Å²) in [4.78, 5) is 29.8. The summed E-state index contributed by atoms with van der Waals surface area (Å²) in [7, 11) is 1.61. The Hall–Kier alpha value is -2.68. The zero-order valence-corrected chi connectivity index (χ0v) is 14.7. The highest BCUT2D eigenvalue weighted by Gasteiger charge is 2.26. The molecule has 0 saturated heterocycles. The van der Waals surface area contributed by atoms with Gasteiger partial charge in [-0.25, -0.2) is 9.80 Å². The third-order valence-corrected chi connectivity index (χ3v) is 4.08. The van der Waals surface area contributed by atoms with Crippen LogP contribution in [0.3, 0.4) is 0 Å². The summed E-state index contributed by atoms with van der Waals surface area (Å²) in [5.74, 6) is 0.545. The SMILES string of the molecule is C=CCn1c(=O)c2c(nc3n2CC(C)=NN3CCOCC)n(C)c1=O. The van der Waals surface area contributed by atoms with Gasteiger partial charge in [0.25, 0.3) is 5.56 Å². The molecule has 0 aromatic carbocycles. The van der Waals surface area contributed by atoms with Gasteiger partial charge in [0, 0.05) is 20.2 Å². The van der Waals surface area contributed by atoms with Crippen LogP contribution in [0.1, 0.15) is 13.8 Å². The second-order valence-electron chi connectivity index (χ2n) is 5.87. The molecule has 9 nitrogen and oxygen atoms in total. The average Bonchev–Trinajstić information content (AvgIpc) is 2.96. The Morgan fingerprint density at radius 2 is 2.12 bits per heavy atom. The smallest absolute Gasteiger partial charge is 0.332 e. The number of aryl methyl sites for hydroxylation is 1. The summed E-state index contributed by atoms with van der Waals surface area (Å²) in [5.41, 5.74) is 0.834. The van der Waals surface area contributed by atoms with Crippen LogP contribution in [0.15, 0.2) is 27.3 Å². The Balaban J connectivity index is 2.21. The van der Waals surface area contributed by atoms with E-state index >= 15 is 0 Å². The molecule has 0 atom stereocenters. The van der Waals surface area contributed by atoms with Crippen molar-refractivity contribution >= 4 is 22.8 Å². The molecule has 0 spiro atoms. The minimum atomic E-state index is -0.411. The van der Waals surface area contributed by atoms with Crippen LogP contribution in [0.5, 0.6) is 0 Å². The molecule has 0 amide bonds. The number of allylic oxidation sites excluding steroid dienone is 1. The van der Waals surface area contributed by atoms with Crippen LogP contribution in [0.25, 0.3) is 11.2 Å². The number of aromatic nitrogens is 4. The largest absolute Gasteiger partial charge is 0.380 e. The van der Waals surface area contributed by atoms with Crippen LogP contribution in [0.4, 0.5) is 5.95 Å². The molecule has 2 aromatic rings. The Bertz CT molecular complexity index is 965. The molecule has 0 aliphatic carbocycles. The lowest BCUT2D eigenvalue weighted by atomic mass is 10.4. The summed E-state index contributed by atoms with van der Waals surface area (Å²) in [6.07, 6.45) is 1.53. The van der Waals surface area contributed by atoms with Crippen molar-refractivity contribution in [1.82, 2.24) is 18.7 Å². The zero-order chi connectivity index (χ0) is 18.1. The van der Waals surface area contributed by atoms with Crippen LogP contribution < -0.4 is 16.3 Å². The monoisotopic (exact) mass is 346 g/mol. The molecule has 0 unspecified atom stereocenters. The van der Waals surface area contributed by atoms with Gasteiger partial charge in [-0.2, -0.15) is 10.1 Å². The van der Waals surface area contributed by atoms with Gasteiger partial charge < -0.3 is 4.74 Å². The number of imidazole rings is 1. The average molecular weight is 346 g/mol. The van der Waals surface area contributed by atoms with Crippen molar-refractivity contribution in [2.24, 2.45) is 12.1 Å². The highest BCUT2D eigenvalue weighted by atomic mass is 16.5. The van der Waals surface area contributed by atoms with Gasteiger partial charge in [-0.05, 0) is 13.8 Å². The van der Waals surface area contributed by atoms with Crippen LogP contribution in [-0.2, 0) is 24.9 Å². The number of ether oxygens (including phenoxy) is 1. The molecule has 0 fully saturated rings. The molecule has 0 bridgehead atoms. The van der Waals surface area contributed by atoms with E-state index in [0.29, 0.717) is 43.4 Å². The predicted molar refractivity (Wildman–Crippen MR) is 96.4 cm³/mol. The molecule has 0 radical (unpaired) electrons. The van der Waals surface area contributed by atoms with E-state index in [1.165, 1.54) is 10.6 Å². The summed E-state index contributed by atoms with van der Waals surface area (Å²) in [6, 6.07) is 0. The second-order valence-corrected chi connectivity index (χ2v) is 5.87. The van der Waals surface area contributed by atoms with Gasteiger partial charge in [0.1, 0.15) is 0 Å². The predicted octanol–water partition coefficient (Wildman–Crippen LogP) is 0.315. The van der Waals surface area contributed by atoms with Gasteiger partial charge in [-0.3, -0.25) is 18.5 Å². The van der Waals surface area contributed by atoms with Gasteiger partial charge in [-0.15, -0.1) is 6.58 Å². The topological polar surface area (TPSA) is 86.7 Å². The summed E-state index contributed by atoms with van der Waals surface area (Å²) in [5, 5.41) is 6.22. The molecule has 2 aromatic heterocycles. The van der Waals surface area contributed by atoms with Gasteiger partial charge >= 0.3 is 5.69 Å². The lowest BCUT2D eigenvalue weighted by Gasteiger charge is -2.24. The van der Waals surface area contributed by atoms with Gasteiger partial charge in [-0.1, -0.05) is 6.08 Å². The van der Waals surface area contributed by atoms with Crippen molar-refractivity contribution in [3.8, 4) is 0 Å². The molecule has 0 saturated carbocycles. The molecule has 0 N–H and O–H groups in total. The van der Waals surface area contributed by atoms with Crippen molar-refractivity contribution in [3.63, 3.8) is 0 Å². The Morgan fingerprint density at radius 3 is 2.80 bits per heavy atom. The van der Waals surface area contributed by atoms with E-state index in [4.69, 9.17) is 4.74 Å². The Morgan fingerprint density at radius 1 is 1.36 bits per heavy atom. The molecule has 3 rings (SSSR count). The first-order valence-electron chi connectivity index (χ1n) is 8.19. The Kier molecular flexibility index (Phi) is 4.58. The van der Waals surface area contributed by atoms with E-state index in [9.17, 15) is 9.59 Å². The van der Waals surface area contributed by atoms with Crippen molar-refractivity contribution < 1.29 is 4.74 Å². The number of rotatable bonds is 6. The lowest BCUT2D eigenvalue weighted by molar-refractivity contribution is 0.153. The van der Waals surface area contributed by atoms with E-state index in [1.54, 1.807) is 12.1 Å². The molecule has 25 heavy (non-hydrogen) atoms. The van der Waals surface area contributed by atoms with E-state index in [2.05, 4.69) is 16.7 Å². The Labute approximate surface area is 144 Å². The third kappa shape index (κ3) is 2.80. The molecule has 3 heterocycles. The second kappa shape index (κ2) is 6.67. The normalized spacial score (nSPS) is 13.9. The number of hydrogen-bond acceptors (Lipinski definition) is 6. The summed E-state index contributed by atoms with van der Waals surface area (Å²) in [6.45, 7) is 9.69. The third-order valence-electron chi connectivity index (χ3n) is 4.08. The molecule has 9 heteroatoms. The fourth-order valence-electron chi connectivity index (χ4n) is 2.95. The van der Waals surface area contributed by atoms with Crippen molar-refractivity contribution in [1.29, 1.82) is 0 Å². The first-order chi connectivity index (χ1) is 12.0. The fourth-order valence-corrected chi connectivity index (χ4v) is 2.95. The van der Waals surface area contributed by atoms with Crippen molar-refractivity contribution in [2.45, 2.75) is 26.9 Å². The highest BCUT2D eigenvalue weighted by molar-refractivity contribution is 5.87. The molecule has 1 aliphatic rings. The minimum Gasteiger partial charge on any atom is -0.380 e. The van der Waals surface area contributed by atoms with E-state index < -0.39 is 5.69 Å². The number of nitrogens with zero attached hydrogens (tertiary/aromatic N) is 6. The van der Waals surface area contributed by atoms with Gasteiger partial charge in [0.15, 0.2) is 11.2 Å². The molecular weight excluding hydrogens is 324 g/mol. The van der Waals surface area contributed by atoms with Crippen LogP contribution in [0, 0.1) is 0 Å². The van der Waals surface area contributed by atoms with Gasteiger partial charge in [0.2, 0.25) is 5.95 Å². The van der Waals surface area contributed by atoms with Crippen LogP contribution >= 0.6 is 0 Å². The van der Waals surface area contributed by atoms with Crippen molar-refractivity contribution in [2.75, 3.05) is 24.8 Å². The summed E-state index contributed by atoms with van der Waals surface area (Å²) < 4.78 is 9.76. The first-order valence-corrected chi connectivity index (χ1v) is 8.19. The van der Waals surface area contributed by atoms with Crippen molar-refractivity contribution in [3.05, 3.63) is 33.5 Å². The molecular formula is C16H22N6O3. The zero-order valence-electron chi connectivity index (χ0n) is 14.7. The minimum absolute atomic E-state index is 0.156. The number of anilines is 1. The molecule has 134 valence electrons. The highest BCUT2D eigenvalue weighted by Crippen LogP contribution is 2.23. The number of hydrogen-bond donors (Lipinski definition) is 0. The van der Waals surface area contributed by atoms with E-state index in [-0.39, 0.29) is 12.1 Å². The molecule has 1 aliphatic heterocycles. The number of hydrazone groups is 1. The standard InChI is InChI=1S/C16H22N6O3/c1-5-7-20-14(23)12-13(19(4)16(20)24)17-15-21(12)10-11(3)18-22(15)8-9-25-6-2/h5H,1,6-10H2,2-4H3. The maximum absolute atomic E-state index is 12.9. The maximum atomic E-state index is 12.9. The van der Waals surface area contributed by atoms with Gasteiger partial charge in [0.05, 0.1) is 25.4 Å².